The first-order chi connectivity index (χ1) is 7.04. The molecule has 0 aliphatic rings. The number of hydrogen-bond donors (Lipinski definition) is 1. The lowest BCUT2D eigenvalue weighted by atomic mass is 9.90. The van der Waals surface area contributed by atoms with Crippen LogP contribution < -0.4 is 5.32 Å². The lowest BCUT2D eigenvalue weighted by molar-refractivity contribution is 0.515. The molecule has 1 aromatic carbocycles. The number of aryl methyl sites for hydroxylation is 2. The van der Waals surface area contributed by atoms with Crippen LogP contribution in [0.4, 0.5) is 0 Å². The second-order valence-electron chi connectivity index (χ2n) is 4.69. The number of rotatable bonds is 4. The quantitative estimate of drug-likeness (QED) is 0.794. The van der Waals surface area contributed by atoms with E-state index in [9.17, 15) is 0 Å². The molecule has 0 bridgehead atoms. The van der Waals surface area contributed by atoms with Crippen molar-refractivity contribution in [1.29, 1.82) is 0 Å². The van der Waals surface area contributed by atoms with Crippen molar-refractivity contribution in [2.75, 3.05) is 7.05 Å². The molecule has 1 N–H and O–H groups in total. The van der Waals surface area contributed by atoms with Gasteiger partial charge in [0.1, 0.15) is 0 Å². The predicted octanol–water partition coefficient (Wildman–Crippen LogP) is 3.40. The summed E-state index contributed by atoms with van der Waals surface area (Å²) in [6.45, 7) is 8.91. The summed E-state index contributed by atoms with van der Waals surface area (Å²) >= 11 is 0. The molecule has 1 heteroatoms. The number of benzene rings is 1. The highest BCUT2D eigenvalue weighted by Crippen LogP contribution is 2.24. The molecule has 0 aliphatic heterocycles. The van der Waals surface area contributed by atoms with E-state index in [-0.39, 0.29) is 0 Å². The SMILES string of the molecule is CNC(C)CC(C)c1ccc(C)cc1C. The zero-order chi connectivity index (χ0) is 11.4. The van der Waals surface area contributed by atoms with E-state index in [0.717, 1.165) is 0 Å². The first-order valence-electron chi connectivity index (χ1n) is 5.79. The monoisotopic (exact) mass is 205 g/mol. The van der Waals surface area contributed by atoms with Crippen molar-refractivity contribution < 1.29 is 0 Å². The van der Waals surface area contributed by atoms with Gasteiger partial charge >= 0.3 is 0 Å². The summed E-state index contributed by atoms with van der Waals surface area (Å²) in [6, 6.07) is 7.34. The van der Waals surface area contributed by atoms with Gasteiger partial charge in [0, 0.05) is 6.04 Å². The fourth-order valence-corrected chi connectivity index (χ4v) is 2.15. The zero-order valence-electron chi connectivity index (χ0n) is 10.6. The van der Waals surface area contributed by atoms with Crippen molar-refractivity contribution in [3.05, 3.63) is 34.9 Å². The molecular weight excluding hydrogens is 182 g/mol. The topological polar surface area (TPSA) is 12.0 Å². The van der Waals surface area contributed by atoms with Crippen molar-refractivity contribution in [3.63, 3.8) is 0 Å². The molecule has 1 aromatic rings. The molecular formula is C14H23N. The third kappa shape index (κ3) is 3.35. The molecule has 84 valence electrons. The highest BCUT2D eigenvalue weighted by Gasteiger charge is 2.11. The molecule has 2 atom stereocenters. The largest absolute Gasteiger partial charge is 0.317 e. The van der Waals surface area contributed by atoms with Gasteiger partial charge < -0.3 is 5.32 Å². The van der Waals surface area contributed by atoms with Crippen LogP contribution in [0, 0.1) is 13.8 Å². The van der Waals surface area contributed by atoms with Gasteiger partial charge in [-0.15, -0.1) is 0 Å². The molecule has 0 fully saturated rings. The van der Waals surface area contributed by atoms with Crippen LogP contribution in [0.3, 0.4) is 0 Å². The van der Waals surface area contributed by atoms with Crippen LogP contribution in [-0.4, -0.2) is 13.1 Å². The van der Waals surface area contributed by atoms with E-state index in [4.69, 9.17) is 0 Å². The Morgan fingerprint density at radius 3 is 2.40 bits per heavy atom. The van der Waals surface area contributed by atoms with E-state index in [0.29, 0.717) is 12.0 Å². The van der Waals surface area contributed by atoms with Crippen LogP contribution in [0.1, 0.15) is 42.9 Å². The van der Waals surface area contributed by atoms with Crippen molar-refractivity contribution >= 4 is 0 Å². The summed E-state index contributed by atoms with van der Waals surface area (Å²) < 4.78 is 0. The molecule has 0 saturated carbocycles. The summed E-state index contributed by atoms with van der Waals surface area (Å²) in [7, 11) is 2.03. The molecule has 0 heterocycles. The summed E-state index contributed by atoms with van der Waals surface area (Å²) in [6.07, 6.45) is 1.19. The molecule has 1 rings (SSSR count). The van der Waals surface area contributed by atoms with Crippen LogP contribution >= 0.6 is 0 Å². The van der Waals surface area contributed by atoms with Crippen LogP contribution in [0.25, 0.3) is 0 Å². The molecule has 0 saturated heterocycles. The van der Waals surface area contributed by atoms with Crippen LogP contribution in [0.15, 0.2) is 18.2 Å². The minimum Gasteiger partial charge on any atom is -0.317 e. The fourth-order valence-electron chi connectivity index (χ4n) is 2.15. The summed E-state index contributed by atoms with van der Waals surface area (Å²) in [5, 5.41) is 3.30. The van der Waals surface area contributed by atoms with Crippen LogP contribution in [0.5, 0.6) is 0 Å². The second kappa shape index (κ2) is 5.32. The predicted molar refractivity (Wildman–Crippen MR) is 67.5 cm³/mol. The summed E-state index contributed by atoms with van der Waals surface area (Å²) in [5.74, 6) is 0.632. The lowest BCUT2D eigenvalue weighted by Crippen LogP contribution is -2.23. The Balaban J connectivity index is 2.77. The maximum atomic E-state index is 3.30. The van der Waals surface area contributed by atoms with E-state index in [2.05, 4.69) is 51.2 Å². The van der Waals surface area contributed by atoms with Gasteiger partial charge in [-0.3, -0.25) is 0 Å². The van der Waals surface area contributed by atoms with E-state index in [1.165, 1.54) is 23.1 Å². The van der Waals surface area contributed by atoms with Crippen molar-refractivity contribution in [2.45, 2.75) is 46.1 Å². The summed E-state index contributed by atoms with van der Waals surface area (Å²) in [4.78, 5) is 0. The maximum Gasteiger partial charge on any atom is 0.00414 e. The second-order valence-corrected chi connectivity index (χ2v) is 4.69. The van der Waals surface area contributed by atoms with Gasteiger partial charge in [-0.05, 0) is 51.3 Å². The van der Waals surface area contributed by atoms with Crippen molar-refractivity contribution in [3.8, 4) is 0 Å². The highest BCUT2D eigenvalue weighted by atomic mass is 14.8. The Morgan fingerprint density at radius 1 is 1.20 bits per heavy atom. The molecule has 1 nitrogen and oxygen atoms in total. The first-order valence-corrected chi connectivity index (χ1v) is 5.79. The van der Waals surface area contributed by atoms with Crippen molar-refractivity contribution in [1.82, 2.24) is 5.32 Å². The van der Waals surface area contributed by atoms with Gasteiger partial charge in [0.25, 0.3) is 0 Å². The van der Waals surface area contributed by atoms with E-state index in [1.54, 1.807) is 0 Å². The molecule has 0 spiro atoms. The first kappa shape index (κ1) is 12.3. The minimum absolute atomic E-state index is 0.584. The average Bonchev–Trinajstić information content (AvgIpc) is 2.17. The highest BCUT2D eigenvalue weighted by molar-refractivity contribution is 5.32. The normalized spacial score (nSPS) is 15.0. The van der Waals surface area contributed by atoms with Crippen molar-refractivity contribution in [2.24, 2.45) is 0 Å². The van der Waals surface area contributed by atoms with Crippen LogP contribution in [0.2, 0.25) is 0 Å². The van der Waals surface area contributed by atoms with Gasteiger partial charge in [0.2, 0.25) is 0 Å². The van der Waals surface area contributed by atoms with E-state index in [1.807, 2.05) is 7.05 Å². The fraction of sp³-hybridized carbons (Fsp3) is 0.571. The Hall–Kier alpha value is -0.820. The smallest absolute Gasteiger partial charge is 0.00414 e. The number of nitrogens with one attached hydrogen (secondary N) is 1. The Bertz CT molecular complexity index is 317. The lowest BCUT2D eigenvalue weighted by Gasteiger charge is -2.19. The standard InChI is InChI=1S/C14H23N/c1-10-6-7-14(11(2)8-10)12(3)9-13(4)15-5/h6-8,12-13,15H,9H2,1-5H3. The number of hydrogen-bond acceptors (Lipinski definition) is 1. The zero-order valence-corrected chi connectivity index (χ0v) is 10.6. The molecule has 0 amide bonds. The Kier molecular flexibility index (Phi) is 4.34. The van der Waals surface area contributed by atoms with Gasteiger partial charge in [-0.2, -0.15) is 0 Å². The van der Waals surface area contributed by atoms with E-state index < -0.39 is 0 Å². The average molecular weight is 205 g/mol. The van der Waals surface area contributed by atoms with E-state index >= 15 is 0 Å². The third-order valence-corrected chi connectivity index (χ3v) is 3.16. The molecule has 0 aliphatic carbocycles. The summed E-state index contributed by atoms with van der Waals surface area (Å²) in [5.41, 5.74) is 4.26. The molecule has 0 radical (unpaired) electrons. The minimum atomic E-state index is 0.584. The van der Waals surface area contributed by atoms with Crippen LogP contribution in [-0.2, 0) is 0 Å². The maximum absolute atomic E-state index is 3.30. The third-order valence-electron chi connectivity index (χ3n) is 3.16. The van der Waals surface area contributed by atoms with Gasteiger partial charge in [0.05, 0.1) is 0 Å². The molecule has 0 aromatic heterocycles. The molecule has 15 heavy (non-hydrogen) atoms. The van der Waals surface area contributed by atoms with Gasteiger partial charge in [-0.1, -0.05) is 30.7 Å². The molecule has 2 unspecified atom stereocenters. The Labute approximate surface area is 93.9 Å². The van der Waals surface area contributed by atoms with Gasteiger partial charge in [0.15, 0.2) is 0 Å². The van der Waals surface area contributed by atoms with Gasteiger partial charge in [-0.25, -0.2) is 0 Å². The Morgan fingerprint density at radius 2 is 1.87 bits per heavy atom.